The Kier molecular flexibility index (Phi) is 5.62. The molecular weight excluding hydrogens is 274 g/mol. The molecule has 4 nitrogen and oxygen atoms in total. The maximum atomic E-state index is 12.2. The Bertz CT molecular complexity index is 516. The lowest BCUT2D eigenvalue weighted by Crippen LogP contribution is -2.26. The third kappa shape index (κ3) is 4.89. The second kappa shape index (κ2) is 6.79. The van der Waals surface area contributed by atoms with Gasteiger partial charge in [0.25, 0.3) is 0 Å². The fraction of sp³-hybridized carbons (Fsp3) is 0.467. The van der Waals surface area contributed by atoms with Gasteiger partial charge in [-0.05, 0) is 34.6 Å². The second-order valence-corrected chi connectivity index (χ2v) is 7.53. The molecule has 1 unspecified atom stereocenters. The highest BCUT2D eigenvalue weighted by Crippen LogP contribution is 2.15. The van der Waals surface area contributed by atoms with Gasteiger partial charge in [-0.3, -0.25) is 0 Å². The van der Waals surface area contributed by atoms with Crippen molar-refractivity contribution in [2.75, 3.05) is 0 Å². The minimum absolute atomic E-state index is 0.104. The second-order valence-electron chi connectivity index (χ2n) is 5.62. The van der Waals surface area contributed by atoms with Crippen molar-refractivity contribution in [3.05, 3.63) is 35.9 Å². The van der Waals surface area contributed by atoms with Gasteiger partial charge in [0.1, 0.15) is 11.0 Å². The largest absolute Gasteiger partial charge is 0.458 e. The zero-order valence-corrected chi connectivity index (χ0v) is 13.4. The molecule has 0 aliphatic heterocycles. The van der Waals surface area contributed by atoms with Crippen molar-refractivity contribution < 1.29 is 13.7 Å². The van der Waals surface area contributed by atoms with Crippen LogP contribution in [0.2, 0.25) is 0 Å². The fourth-order valence-electron chi connectivity index (χ4n) is 1.29. The first-order valence-corrected chi connectivity index (χ1v) is 7.59. The molecule has 0 fully saturated rings. The van der Waals surface area contributed by atoms with Crippen LogP contribution < -0.4 is 0 Å². The maximum Gasteiger partial charge on any atom is 0.358 e. The predicted molar refractivity (Wildman–Crippen MR) is 82.1 cm³/mol. The Hall–Kier alpha value is -1.49. The highest BCUT2D eigenvalue weighted by Gasteiger charge is 2.24. The Labute approximate surface area is 122 Å². The summed E-state index contributed by atoms with van der Waals surface area (Å²) in [6.07, 6.45) is -0.250. The predicted octanol–water partition coefficient (Wildman–Crippen LogP) is 2.89. The van der Waals surface area contributed by atoms with E-state index >= 15 is 0 Å². The molecule has 0 amide bonds. The van der Waals surface area contributed by atoms with Gasteiger partial charge in [-0.2, -0.15) is 4.40 Å². The van der Waals surface area contributed by atoms with Crippen LogP contribution in [0.15, 0.2) is 34.7 Å². The van der Waals surface area contributed by atoms with Crippen molar-refractivity contribution >= 4 is 22.7 Å². The van der Waals surface area contributed by atoms with Crippen LogP contribution in [-0.4, -0.2) is 26.7 Å². The molecule has 1 aromatic carbocycles. The van der Waals surface area contributed by atoms with Crippen LogP contribution in [0.3, 0.4) is 0 Å². The lowest BCUT2D eigenvalue weighted by atomic mass is 10.1. The monoisotopic (exact) mass is 295 g/mol. The van der Waals surface area contributed by atoms with Gasteiger partial charge >= 0.3 is 5.97 Å². The number of hydrogen-bond donors (Lipinski definition) is 0. The molecule has 0 bridgehead atoms. The summed E-state index contributed by atoms with van der Waals surface area (Å²) in [7, 11) is -1.52. The van der Waals surface area contributed by atoms with Gasteiger partial charge in [0.2, 0.25) is 0 Å². The summed E-state index contributed by atoms with van der Waals surface area (Å²) in [6, 6.07) is 8.94. The summed E-state index contributed by atoms with van der Waals surface area (Å²) in [5.74, 6) is -0.552. The van der Waals surface area contributed by atoms with E-state index in [0.717, 1.165) is 0 Å². The van der Waals surface area contributed by atoms with Crippen molar-refractivity contribution in [2.24, 2.45) is 4.40 Å². The van der Waals surface area contributed by atoms with E-state index in [-0.39, 0.29) is 11.8 Å². The van der Waals surface area contributed by atoms with Crippen molar-refractivity contribution in [2.45, 2.75) is 45.5 Å². The highest BCUT2D eigenvalue weighted by molar-refractivity contribution is 7.85. The molecule has 0 saturated carbocycles. The van der Waals surface area contributed by atoms with E-state index in [1.807, 2.05) is 26.8 Å². The van der Waals surface area contributed by atoms with Crippen LogP contribution in [0.4, 0.5) is 0 Å². The van der Waals surface area contributed by atoms with Crippen molar-refractivity contribution in [3.8, 4) is 0 Å². The average Bonchev–Trinajstić information content (AvgIpc) is 2.34. The quantitative estimate of drug-likeness (QED) is 0.634. The molecule has 0 aliphatic rings. The maximum absolute atomic E-state index is 12.2. The van der Waals surface area contributed by atoms with Crippen LogP contribution in [0.1, 0.15) is 40.2 Å². The standard InChI is InChI=1S/C15H21NO3S/c1-11(2)19-14(17)13(12-9-7-6-8-10-12)16-20(18)15(3,4)5/h6-11H,1-5H3. The van der Waals surface area contributed by atoms with E-state index in [0.29, 0.717) is 5.56 Å². The number of rotatable bonds is 4. The zero-order chi connectivity index (χ0) is 15.3. The summed E-state index contributed by atoms with van der Waals surface area (Å²) in [5, 5.41) is 0. The van der Waals surface area contributed by atoms with Gasteiger partial charge in [-0.15, -0.1) is 0 Å². The summed E-state index contributed by atoms with van der Waals surface area (Å²) < 4.78 is 20.9. The molecular formula is C15H21NO3S. The van der Waals surface area contributed by atoms with E-state index in [2.05, 4.69) is 4.40 Å². The number of carbonyl (C=O) groups is 1. The van der Waals surface area contributed by atoms with Gasteiger partial charge in [-0.25, -0.2) is 9.00 Å². The Balaban J connectivity index is 3.19. The van der Waals surface area contributed by atoms with Crippen LogP contribution in [0.5, 0.6) is 0 Å². The van der Waals surface area contributed by atoms with Gasteiger partial charge in [-0.1, -0.05) is 30.3 Å². The smallest absolute Gasteiger partial charge is 0.358 e. The Morgan fingerprint density at radius 3 is 2.20 bits per heavy atom. The minimum Gasteiger partial charge on any atom is -0.458 e. The molecule has 110 valence electrons. The molecule has 0 N–H and O–H groups in total. The first kappa shape index (κ1) is 16.6. The van der Waals surface area contributed by atoms with Gasteiger partial charge < -0.3 is 4.74 Å². The summed E-state index contributed by atoms with van der Waals surface area (Å²) in [6.45, 7) is 8.96. The summed E-state index contributed by atoms with van der Waals surface area (Å²) >= 11 is 0. The van der Waals surface area contributed by atoms with Crippen LogP contribution in [0, 0.1) is 0 Å². The summed E-state index contributed by atoms with van der Waals surface area (Å²) in [5.41, 5.74) is 0.711. The molecule has 1 aromatic rings. The number of ether oxygens (including phenoxy) is 1. The fourth-order valence-corrected chi connectivity index (χ4v) is 1.91. The average molecular weight is 295 g/mol. The molecule has 0 aliphatic carbocycles. The third-order valence-corrected chi connectivity index (χ3v) is 3.68. The zero-order valence-electron chi connectivity index (χ0n) is 12.5. The molecule has 1 atom stereocenters. The SMILES string of the molecule is CC(C)OC(=O)C(=NS(=O)C(C)(C)C)c1ccccc1. The number of benzene rings is 1. The molecule has 0 saturated heterocycles. The molecule has 0 heterocycles. The number of carbonyl (C=O) groups excluding carboxylic acids is 1. The molecule has 0 spiro atoms. The van der Waals surface area contributed by atoms with Crippen LogP contribution in [0.25, 0.3) is 0 Å². The molecule has 0 radical (unpaired) electrons. The van der Waals surface area contributed by atoms with E-state index in [1.165, 1.54) is 0 Å². The number of esters is 1. The topological polar surface area (TPSA) is 55.7 Å². The van der Waals surface area contributed by atoms with Crippen LogP contribution >= 0.6 is 0 Å². The van der Waals surface area contributed by atoms with E-state index in [4.69, 9.17) is 4.74 Å². The lowest BCUT2D eigenvalue weighted by molar-refractivity contribution is -0.138. The lowest BCUT2D eigenvalue weighted by Gasteiger charge is -2.15. The minimum atomic E-state index is -1.52. The molecule has 0 aromatic heterocycles. The molecule has 1 rings (SSSR count). The van der Waals surface area contributed by atoms with Gasteiger partial charge in [0.05, 0.1) is 10.9 Å². The van der Waals surface area contributed by atoms with Gasteiger partial charge in [0, 0.05) is 5.56 Å². The summed E-state index contributed by atoms with van der Waals surface area (Å²) in [4.78, 5) is 12.1. The van der Waals surface area contributed by atoms with Gasteiger partial charge in [0.15, 0.2) is 5.71 Å². The van der Waals surface area contributed by atoms with E-state index in [1.54, 1.807) is 38.1 Å². The third-order valence-electron chi connectivity index (χ3n) is 2.28. The normalized spacial score (nSPS) is 14.2. The van der Waals surface area contributed by atoms with E-state index in [9.17, 15) is 9.00 Å². The number of nitrogens with zero attached hydrogens (tertiary/aromatic N) is 1. The van der Waals surface area contributed by atoms with Crippen LogP contribution in [-0.2, 0) is 20.5 Å². The highest BCUT2D eigenvalue weighted by atomic mass is 32.2. The molecule has 5 heteroatoms. The van der Waals surface area contributed by atoms with Crippen molar-refractivity contribution in [3.63, 3.8) is 0 Å². The Morgan fingerprint density at radius 1 is 1.20 bits per heavy atom. The Morgan fingerprint density at radius 2 is 1.75 bits per heavy atom. The van der Waals surface area contributed by atoms with Crippen molar-refractivity contribution in [1.29, 1.82) is 0 Å². The number of hydrogen-bond acceptors (Lipinski definition) is 3. The molecule has 20 heavy (non-hydrogen) atoms. The first-order chi connectivity index (χ1) is 9.21. The van der Waals surface area contributed by atoms with Crippen molar-refractivity contribution in [1.82, 2.24) is 0 Å². The van der Waals surface area contributed by atoms with E-state index < -0.39 is 21.7 Å². The first-order valence-electron chi connectivity index (χ1n) is 6.49.